The molecule has 4 rings (SSSR count). The molecule has 1 fully saturated rings. The van der Waals surface area contributed by atoms with Gasteiger partial charge in [0.1, 0.15) is 17.7 Å². The highest BCUT2D eigenvalue weighted by Gasteiger charge is 2.30. The fraction of sp³-hybridized carbons (Fsp3) is 0.417. The topological polar surface area (TPSA) is 67.9 Å². The molecule has 9 heteroatoms. The number of fused-ring (bicyclic) bond motifs is 1. The molecule has 0 spiro atoms. The van der Waals surface area contributed by atoms with Crippen LogP contribution in [0.3, 0.4) is 0 Å². The minimum Gasteiger partial charge on any atom is -0.373 e. The Kier molecular flexibility index (Phi) is 6.51. The van der Waals surface area contributed by atoms with E-state index in [2.05, 4.69) is 10.6 Å². The molecule has 1 atom stereocenters. The summed E-state index contributed by atoms with van der Waals surface area (Å²) in [6.45, 7) is 4.49. The molecular weight excluding hydrogens is 428 g/mol. The maximum atomic E-state index is 14.4. The van der Waals surface area contributed by atoms with Gasteiger partial charge in [0.15, 0.2) is 0 Å². The number of nitrogens with one attached hydrogen (secondary N) is 2. The maximum absolute atomic E-state index is 14.4. The van der Waals surface area contributed by atoms with Gasteiger partial charge in [-0.2, -0.15) is 0 Å². The van der Waals surface area contributed by atoms with Crippen LogP contribution in [0.25, 0.3) is 0 Å². The van der Waals surface area contributed by atoms with E-state index in [-0.39, 0.29) is 24.1 Å². The Balaban J connectivity index is 1.40. The average Bonchev–Trinajstić information content (AvgIpc) is 3.23. The SMILES string of the molecule is Cc1ccc(F)c2c1NC(C(=O)Nc1cc(F)cc(N3CCN(C(=O)CN(C)C)CC3)c1)C2. The second-order valence-electron chi connectivity index (χ2n) is 8.91. The summed E-state index contributed by atoms with van der Waals surface area (Å²) in [6, 6.07) is 6.87. The van der Waals surface area contributed by atoms with Crippen molar-refractivity contribution in [2.45, 2.75) is 19.4 Å². The fourth-order valence-corrected chi connectivity index (χ4v) is 4.37. The molecule has 2 heterocycles. The highest BCUT2D eigenvalue weighted by Crippen LogP contribution is 2.32. The molecule has 0 aromatic heterocycles. The van der Waals surface area contributed by atoms with Crippen molar-refractivity contribution in [3.8, 4) is 0 Å². The summed E-state index contributed by atoms with van der Waals surface area (Å²) in [5.74, 6) is -1.07. The highest BCUT2D eigenvalue weighted by molar-refractivity contribution is 5.98. The van der Waals surface area contributed by atoms with Crippen LogP contribution in [-0.2, 0) is 16.0 Å². The first-order valence-corrected chi connectivity index (χ1v) is 11.0. The van der Waals surface area contributed by atoms with Crippen molar-refractivity contribution in [3.63, 3.8) is 0 Å². The number of nitrogens with zero attached hydrogens (tertiary/aromatic N) is 3. The van der Waals surface area contributed by atoms with Crippen LogP contribution >= 0.6 is 0 Å². The van der Waals surface area contributed by atoms with Crippen LogP contribution in [-0.4, -0.2) is 74.5 Å². The molecule has 2 aliphatic rings. The second kappa shape index (κ2) is 9.35. The van der Waals surface area contributed by atoms with Crippen molar-refractivity contribution in [1.82, 2.24) is 9.80 Å². The number of anilines is 3. The molecular formula is C24H29F2N5O2. The molecule has 33 heavy (non-hydrogen) atoms. The van der Waals surface area contributed by atoms with Crippen LogP contribution in [0.4, 0.5) is 25.8 Å². The predicted molar refractivity (Wildman–Crippen MR) is 125 cm³/mol. The summed E-state index contributed by atoms with van der Waals surface area (Å²) in [7, 11) is 3.71. The van der Waals surface area contributed by atoms with Crippen LogP contribution in [0.1, 0.15) is 11.1 Å². The summed E-state index contributed by atoms with van der Waals surface area (Å²) < 4.78 is 28.5. The largest absolute Gasteiger partial charge is 0.373 e. The Morgan fingerprint density at radius 3 is 2.52 bits per heavy atom. The summed E-state index contributed by atoms with van der Waals surface area (Å²) in [4.78, 5) is 30.7. The van der Waals surface area contributed by atoms with Gasteiger partial charge in [0.05, 0.1) is 6.54 Å². The van der Waals surface area contributed by atoms with Crippen molar-refractivity contribution in [2.24, 2.45) is 0 Å². The minimum absolute atomic E-state index is 0.0728. The molecule has 2 aromatic carbocycles. The Hall–Kier alpha value is -3.20. The van der Waals surface area contributed by atoms with Crippen molar-refractivity contribution in [2.75, 3.05) is 62.4 Å². The zero-order chi connectivity index (χ0) is 23.7. The van der Waals surface area contributed by atoms with E-state index in [1.807, 2.05) is 35.7 Å². The van der Waals surface area contributed by atoms with E-state index in [0.29, 0.717) is 55.3 Å². The molecule has 7 nitrogen and oxygen atoms in total. The number of amides is 2. The minimum atomic E-state index is -0.631. The van der Waals surface area contributed by atoms with Crippen molar-refractivity contribution in [3.05, 3.63) is 53.1 Å². The maximum Gasteiger partial charge on any atom is 0.247 e. The van der Waals surface area contributed by atoms with Crippen LogP contribution < -0.4 is 15.5 Å². The number of rotatable bonds is 5. The summed E-state index contributed by atoms with van der Waals surface area (Å²) in [6.07, 6.45) is 0.236. The molecule has 1 unspecified atom stereocenters. The number of hydrogen-bond acceptors (Lipinski definition) is 5. The van der Waals surface area contributed by atoms with Gasteiger partial charge in [-0.3, -0.25) is 9.59 Å². The van der Waals surface area contributed by atoms with Crippen molar-refractivity contribution < 1.29 is 18.4 Å². The molecule has 2 amide bonds. The average molecular weight is 458 g/mol. The fourth-order valence-electron chi connectivity index (χ4n) is 4.37. The van der Waals surface area contributed by atoms with Crippen LogP contribution in [0.15, 0.2) is 30.3 Å². The van der Waals surface area contributed by atoms with Gasteiger partial charge in [-0.15, -0.1) is 0 Å². The highest BCUT2D eigenvalue weighted by atomic mass is 19.1. The first-order valence-electron chi connectivity index (χ1n) is 11.0. The molecule has 176 valence electrons. The number of likely N-dealkylation sites (N-methyl/N-ethyl adjacent to an activating group) is 1. The third kappa shape index (κ3) is 5.08. The molecule has 0 radical (unpaired) electrons. The summed E-state index contributed by atoms with van der Waals surface area (Å²) in [5, 5.41) is 5.85. The Labute approximate surface area is 192 Å². The van der Waals surface area contributed by atoms with Gasteiger partial charge < -0.3 is 25.3 Å². The predicted octanol–water partition coefficient (Wildman–Crippen LogP) is 2.46. The summed E-state index contributed by atoms with van der Waals surface area (Å²) >= 11 is 0. The normalized spacial score (nSPS) is 17.7. The van der Waals surface area contributed by atoms with Gasteiger partial charge in [-0.25, -0.2) is 8.78 Å². The lowest BCUT2D eigenvalue weighted by molar-refractivity contribution is -0.132. The molecule has 0 saturated carbocycles. The molecule has 0 aliphatic carbocycles. The van der Waals surface area contributed by atoms with E-state index in [4.69, 9.17) is 0 Å². The third-order valence-electron chi connectivity index (χ3n) is 6.11. The third-order valence-corrected chi connectivity index (χ3v) is 6.11. The zero-order valence-corrected chi connectivity index (χ0v) is 19.1. The number of carbonyl (C=O) groups excluding carboxylic acids is 2. The lowest BCUT2D eigenvalue weighted by Crippen LogP contribution is -2.50. The Morgan fingerprint density at radius 1 is 1.12 bits per heavy atom. The quantitative estimate of drug-likeness (QED) is 0.722. The van der Waals surface area contributed by atoms with E-state index >= 15 is 0 Å². The van der Waals surface area contributed by atoms with Crippen molar-refractivity contribution >= 4 is 28.9 Å². The smallest absolute Gasteiger partial charge is 0.247 e. The standard InChI is InChI=1S/C24H29F2N5O2/c1-15-4-5-20(26)19-13-21(28-23(15)19)24(33)27-17-10-16(25)11-18(12-17)30-6-8-31(9-7-30)22(32)14-29(2)3/h4-5,10-12,21,28H,6-9,13-14H2,1-3H3,(H,27,33). The molecule has 2 aliphatic heterocycles. The van der Waals surface area contributed by atoms with Gasteiger partial charge in [0.2, 0.25) is 11.8 Å². The first-order chi connectivity index (χ1) is 15.7. The van der Waals surface area contributed by atoms with E-state index in [0.717, 1.165) is 5.56 Å². The number of halogens is 2. The van der Waals surface area contributed by atoms with Gasteiger partial charge in [0.25, 0.3) is 0 Å². The Bertz CT molecular complexity index is 1040. The van der Waals surface area contributed by atoms with Crippen LogP contribution in [0.2, 0.25) is 0 Å². The van der Waals surface area contributed by atoms with E-state index < -0.39 is 11.9 Å². The molecule has 1 saturated heterocycles. The summed E-state index contributed by atoms with van der Waals surface area (Å²) in [5.41, 5.74) is 3.01. The number of hydrogen-bond donors (Lipinski definition) is 2. The second-order valence-corrected chi connectivity index (χ2v) is 8.91. The molecule has 2 aromatic rings. The van der Waals surface area contributed by atoms with Crippen molar-refractivity contribution in [1.29, 1.82) is 0 Å². The first kappa shape index (κ1) is 23.0. The van der Waals surface area contributed by atoms with E-state index in [1.165, 1.54) is 18.2 Å². The number of aryl methyl sites for hydroxylation is 1. The van der Waals surface area contributed by atoms with E-state index in [9.17, 15) is 18.4 Å². The lowest BCUT2D eigenvalue weighted by Gasteiger charge is -2.36. The lowest BCUT2D eigenvalue weighted by atomic mass is 10.1. The number of carbonyl (C=O) groups is 2. The monoisotopic (exact) mass is 457 g/mol. The van der Waals surface area contributed by atoms with Crippen LogP contribution in [0, 0.1) is 18.6 Å². The zero-order valence-electron chi connectivity index (χ0n) is 19.1. The van der Waals surface area contributed by atoms with E-state index in [1.54, 1.807) is 12.1 Å². The number of piperazine rings is 1. The van der Waals surface area contributed by atoms with Gasteiger partial charge in [-0.1, -0.05) is 6.07 Å². The van der Waals surface area contributed by atoms with Gasteiger partial charge in [-0.05, 0) is 50.8 Å². The molecule has 2 N–H and O–H groups in total. The number of benzene rings is 2. The molecule has 0 bridgehead atoms. The van der Waals surface area contributed by atoms with Crippen LogP contribution in [0.5, 0.6) is 0 Å². The van der Waals surface area contributed by atoms with Gasteiger partial charge >= 0.3 is 0 Å². The Morgan fingerprint density at radius 2 is 1.85 bits per heavy atom. The van der Waals surface area contributed by atoms with Gasteiger partial charge in [0, 0.05) is 55.2 Å².